The second-order valence-electron chi connectivity index (χ2n) is 8.09. The summed E-state index contributed by atoms with van der Waals surface area (Å²) in [6.07, 6.45) is 1.35. The minimum absolute atomic E-state index is 0.109. The highest BCUT2D eigenvalue weighted by Crippen LogP contribution is 2.07. The smallest absolute Gasteiger partial charge is 0.408 e. The summed E-state index contributed by atoms with van der Waals surface area (Å²) in [7, 11) is 0. The Hall–Kier alpha value is -4.17. The lowest BCUT2D eigenvalue weighted by Gasteiger charge is -2.14. The number of rotatable bonds is 11. The predicted octanol–water partition coefficient (Wildman–Crippen LogP) is 4.03. The summed E-state index contributed by atoms with van der Waals surface area (Å²) in [5.74, 6) is -2.01. The lowest BCUT2D eigenvalue weighted by atomic mass is 10.1. The molecule has 0 aliphatic heterocycles. The number of carboxylic acid groups (broad SMARTS) is 2. The second kappa shape index (κ2) is 15.7. The molecule has 0 saturated heterocycles. The summed E-state index contributed by atoms with van der Waals surface area (Å²) >= 11 is 0. The highest BCUT2D eigenvalue weighted by atomic mass is 16.5. The third-order valence-electron chi connectivity index (χ3n) is 5.27. The van der Waals surface area contributed by atoms with Crippen LogP contribution in [0.4, 0.5) is 4.79 Å². The van der Waals surface area contributed by atoms with Crippen molar-refractivity contribution in [1.29, 1.82) is 0 Å². The molecule has 0 fully saturated rings. The van der Waals surface area contributed by atoms with Crippen molar-refractivity contribution in [1.82, 2.24) is 5.32 Å². The highest BCUT2D eigenvalue weighted by molar-refractivity contribution is 5.79. The quantitative estimate of drug-likeness (QED) is 0.317. The monoisotopic (exact) mass is 492 g/mol. The number of aryl methyl sites for hydroxylation is 2. The molecule has 36 heavy (non-hydrogen) atoms. The van der Waals surface area contributed by atoms with Gasteiger partial charge in [-0.25, -0.2) is 9.59 Å². The van der Waals surface area contributed by atoms with Crippen molar-refractivity contribution in [3.63, 3.8) is 0 Å². The molecule has 3 aromatic carbocycles. The zero-order valence-electron chi connectivity index (χ0n) is 20.0. The van der Waals surface area contributed by atoms with Crippen LogP contribution in [-0.2, 0) is 33.8 Å². The molecule has 2 atom stereocenters. The fourth-order valence-electron chi connectivity index (χ4n) is 3.21. The van der Waals surface area contributed by atoms with E-state index in [2.05, 4.69) is 5.32 Å². The number of carbonyl (C=O) groups excluding carboxylic acids is 1. The minimum Gasteiger partial charge on any atom is -0.480 e. The van der Waals surface area contributed by atoms with Crippen molar-refractivity contribution >= 4 is 18.0 Å². The molecule has 0 aliphatic carbocycles. The molecule has 0 bridgehead atoms. The van der Waals surface area contributed by atoms with Crippen LogP contribution in [0.3, 0.4) is 0 Å². The summed E-state index contributed by atoms with van der Waals surface area (Å²) in [5, 5.41) is 20.1. The number of amides is 1. The van der Waals surface area contributed by atoms with Crippen LogP contribution in [0, 0.1) is 0 Å². The maximum absolute atomic E-state index is 11.7. The molecule has 3 rings (SSSR count). The fourth-order valence-corrected chi connectivity index (χ4v) is 3.21. The Bertz CT molecular complexity index is 1060. The molecule has 0 radical (unpaired) electrons. The predicted molar refractivity (Wildman–Crippen MR) is 136 cm³/mol. The van der Waals surface area contributed by atoms with E-state index in [1.165, 1.54) is 0 Å². The van der Waals surface area contributed by atoms with Crippen molar-refractivity contribution < 1.29 is 29.3 Å². The molecule has 1 amide bonds. The Labute approximate surface area is 210 Å². The van der Waals surface area contributed by atoms with Crippen LogP contribution < -0.4 is 11.1 Å². The van der Waals surface area contributed by atoms with Gasteiger partial charge in [0.05, 0.1) is 0 Å². The number of aliphatic carboxylic acids is 2. The van der Waals surface area contributed by atoms with E-state index in [1.54, 1.807) is 0 Å². The van der Waals surface area contributed by atoms with Crippen LogP contribution in [0.25, 0.3) is 0 Å². The summed E-state index contributed by atoms with van der Waals surface area (Å²) in [5.41, 5.74) is 8.36. The van der Waals surface area contributed by atoms with Crippen molar-refractivity contribution in [2.45, 2.75) is 44.4 Å². The van der Waals surface area contributed by atoms with Crippen molar-refractivity contribution in [2.24, 2.45) is 5.73 Å². The van der Waals surface area contributed by atoms with Crippen molar-refractivity contribution in [2.75, 3.05) is 0 Å². The van der Waals surface area contributed by atoms with E-state index in [1.807, 2.05) is 91.0 Å². The molecular weight excluding hydrogens is 460 g/mol. The molecule has 8 heteroatoms. The third kappa shape index (κ3) is 11.3. The molecular formula is C28H32N2O6. The average Bonchev–Trinajstić information content (AvgIpc) is 2.90. The molecule has 0 unspecified atom stereocenters. The number of carboxylic acids is 2. The Morgan fingerprint density at radius 1 is 0.694 bits per heavy atom. The Morgan fingerprint density at radius 3 is 1.58 bits per heavy atom. The van der Waals surface area contributed by atoms with Gasteiger partial charge in [0.15, 0.2) is 0 Å². The first kappa shape index (κ1) is 28.1. The van der Waals surface area contributed by atoms with Gasteiger partial charge >= 0.3 is 18.0 Å². The zero-order chi connectivity index (χ0) is 26.2. The number of hydrogen-bond donors (Lipinski definition) is 4. The first-order chi connectivity index (χ1) is 17.3. The standard InChI is InChI=1S/C18H19NO4.C10H13NO2/c20-17(21)16(12-11-14-7-3-1-4-8-14)19-18(22)23-13-15-9-5-2-6-10-15;11-9(10(12)13)7-6-8-4-2-1-3-5-8/h1-10,16H,11-13H2,(H,19,22)(H,20,21);1-5,9H,6-7,11H2,(H,12,13)/t16-;9-/m11/s1. The fraction of sp³-hybridized carbons (Fsp3) is 0.250. The van der Waals surface area contributed by atoms with Gasteiger partial charge in [-0.05, 0) is 42.4 Å². The molecule has 8 nitrogen and oxygen atoms in total. The van der Waals surface area contributed by atoms with Gasteiger partial charge in [0.2, 0.25) is 0 Å². The highest BCUT2D eigenvalue weighted by Gasteiger charge is 2.20. The number of alkyl carbamates (subject to hydrolysis) is 1. The Kier molecular flexibility index (Phi) is 12.2. The lowest BCUT2D eigenvalue weighted by molar-refractivity contribution is -0.140. The molecule has 0 aliphatic rings. The third-order valence-corrected chi connectivity index (χ3v) is 5.27. The summed E-state index contributed by atoms with van der Waals surface area (Å²) < 4.78 is 5.05. The number of ether oxygens (including phenoxy) is 1. The Morgan fingerprint density at radius 2 is 1.14 bits per heavy atom. The Balaban J connectivity index is 0.000000297. The summed E-state index contributed by atoms with van der Waals surface area (Å²) in [6.45, 7) is 0.109. The number of benzene rings is 3. The zero-order valence-corrected chi connectivity index (χ0v) is 20.0. The number of hydrogen-bond acceptors (Lipinski definition) is 5. The van der Waals surface area contributed by atoms with Crippen LogP contribution in [0.2, 0.25) is 0 Å². The molecule has 5 N–H and O–H groups in total. The van der Waals surface area contributed by atoms with Crippen LogP contribution in [0.1, 0.15) is 29.5 Å². The van der Waals surface area contributed by atoms with Gasteiger partial charge in [0.1, 0.15) is 18.7 Å². The first-order valence-corrected chi connectivity index (χ1v) is 11.6. The van der Waals surface area contributed by atoms with E-state index >= 15 is 0 Å². The molecule has 0 saturated carbocycles. The molecule has 0 aromatic heterocycles. The van der Waals surface area contributed by atoms with Crippen LogP contribution in [-0.4, -0.2) is 40.3 Å². The van der Waals surface area contributed by atoms with E-state index in [-0.39, 0.29) is 6.61 Å². The van der Waals surface area contributed by atoms with Gasteiger partial charge in [-0.15, -0.1) is 0 Å². The van der Waals surface area contributed by atoms with Crippen LogP contribution in [0.5, 0.6) is 0 Å². The molecule has 0 spiro atoms. The minimum atomic E-state index is -1.07. The van der Waals surface area contributed by atoms with E-state index in [0.717, 1.165) is 16.7 Å². The van der Waals surface area contributed by atoms with E-state index in [4.69, 9.17) is 15.6 Å². The number of carbonyl (C=O) groups is 3. The number of nitrogens with one attached hydrogen (secondary N) is 1. The van der Waals surface area contributed by atoms with Gasteiger partial charge in [0.25, 0.3) is 0 Å². The van der Waals surface area contributed by atoms with Crippen molar-refractivity contribution in [3.8, 4) is 0 Å². The lowest BCUT2D eigenvalue weighted by Crippen LogP contribution is -2.41. The first-order valence-electron chi connectivity index (χ1n) is 11.6. The van der Waals surface area contributed by atoms with Crippen LogP contribution in [0.15, 0.2) is 91.0 Å². The van der Waals surface area contributed by atoms with Gasteiger partial charge in [-0.1, -0.05) is 91.0 Å². The van der Waals surface area contributed by atoms with E-state index in [9.17, 15) is 19.5 Å². The van der Waals surface area contributed by atoms with Crippen molar-refractivity contribution in [3.05, 3.63) is 108 Å². The van der Waals surface area contributed by atoms with Crippen LogP contribution >= 0.6 is 0 Å². The normalized spacial score (nSPS) is 11.8. The van der Waals surface area contributed by atoms with Gasteiger partial charge < -0.3 is 26.0 Å². The van der Waals surface area contributed by atoms with Gasteiger partial charge in [-0.2, -0.15) is 0 Å². The van der Waals surface area contributed by atoms with E-state index < -0.39 is 30.1 Å². The van der Waals surface area contributed by atoms with Gasteiger partial charge in [0, 0.05) is 0 Å². The average molecular weight is 493 g/mol. The number of nitrogens with two attached hydrogens (primary N) is 1. The molecule has 3 aromatic rings. The second-order valence-corrected chi connectivity index (χ2v) is 8.09. The maximum atomic E-state index is 11.7. The topological polar surface area (TPSA) is 139 Å². The molecule has 0 heterocycles. The largest absolute Gasteiger partial charge is 0.480 e. The summed E-state index contributed by atoms with van der Waals surface area (Å²) in [6, 6.07) is 26.8. The summed E-state index contributed by atoms with van der Waals surface area (Å²) in [4.78, 5) is 33.4. The molecule has 190 valence electrons. The van der Waals surface area contributed by atoms with Gasteiger partial charge in [-0.3, -0.25) is 4.79 Å². The van der Waals surface area contributed by atoms with E-state index in [0.29, 0.717) is 25.7 Å². The maximum Gasteiger partial charge on any atom is 0.408 e. The SMILES string of the molecule is N[C@H](CCc1ccccc1)C(=O)O.O=C(N[C@H](CCc1ccccc1)C(=O)O)OCc1ccccc1.